The lowest BCUT2D eigenvalue weighted by Gasteiger charge is -2.32. The van der Waals surface area contributed by atoms with Crippen molar-refractivity contribution in [2.24, 2.45) is 0 Å². The Morgan fingerprint density at radius 1 is 1.08 bits per heavy atom. The van der Waals surface area contributed by atoms with Crippen molar-refractivity contribution in [3.63, 3.8) is 0 Å². The van der Waals surface area contributed by atoms with Crippen LogP contribution in [-0.2, 0) is 4.79 Å². The molecule has 2 aromatic rings. The van der Waals surface area contributed by atoms with Gasteiger partial charge in [-0.05, 0) is 31.0 Å². The SMILES string of the molecule is COc1ccc(-c2ccc(C(=O)N3CCC(NC(C)=O)CC3)cc2)nn1. The molecule has 0 spiro atoms. The van der Waals surface area contributed by atoms with Crippen LogP contribution in [-0.4, -0.2) is 53.2 Å². The molecule has 1 aliphatic heterocycles. The number of nitrogens with one attached hydrogen (secondary N) is 1. The number of carbonyl (C=O) groups is 2. The topological polar surface area (TPSA) is 84.4 Å². The zero-order valence-corrected chi connectivity index (χ0v) is 14.9. The van der Waals surface area contributed by atoms with Crippen LogP contribution in [0.5, 0.6) is 5.88 Å². The molecule has 136 valence electrons. The van der Waals surface area contributed by atoms with E-state index in [1.807, 2.05) is 35.2 Å². The Morgan fingerprint density at radius 3 is 2.31 bits per heavy atom. The lowest BCUT2D eigenvalue weighted by Crippen LogP contribution is -2.46. The third-order valence-electron chi connectivity index (χ3n) is 4.47. The minimum atomic E-state index is -0.0213. The number of piperidine rings is 1. The Balaban J connectivity index is 1.63. The molecule has 0 aliphatic carbocycles. The molecule has 1 fully saturated rings. The van der Waals surface area contributed by atoms with E-state index in [0.717, 1.165) is 24.1 Å². The van der Waals surface area contributed by atoms with E-state index in [4.69, 9.17) is 4.74 Å². The van der Waals surface area contributed by atoms with E-state index in [-0.39, 0.29) is 17.9 Å². The molecule has 0 saturated carbocycles. The summed E-state index contributed by atoms with van der Waals surface area (Å²) in [5.41, 5.74) is 2.26. The molecule has 7 nitrogen and oxygen atoms in total. The van der Waals surface area contributed by atoms with E-state index >= 15 is 0 Å². The maximum absolute atomic E-state index is 12.7. The number of ether oxygens (including phenoxy) is 1. The van der Waals surface area contributed by atoms with Gasteiger partial charge in [-0.25, -0.2) is 0 Å². The number of amides is 2. The highest BCUT2D eigenvalue weighted by Gasteiger charge is 2.24. The van der Waals surface area contributed by atoms with Crippen molar-refractivity contribution in [3.05, 3.63) is 42.0 Å². The Hall–Kier alpha value is -2.96. The Bertz CT molecular complexity index is 766. The molecule has 0 unspecified atom stereocenters. The maximum Gasteiger partial charge on any atom is 0.253 e. The smallest absolute Gasteiger partial charge is 0.253 e. The second kappa shape index (κ2) is 7.95. The van der Waals surface area contributed by atoms with E-state index in [2.05, 4.69) is 15.5 Å². The fourth-order valence-electron chi connectivity index (χ4n) is 3.06. The fraction of sp³-hybridized carbons (Fsp3) is 0.368. The van der Waals surface area contributed by atoms with Crippen LogP contribution in [0.15, 0.2) is 36.4 Å². The first-order valence-electron chi connectivity index (χ1n) is 8.61. The van der Waals surface area contributed by atoms with Gasteiger partial charge >= 0.3 is 0 Å². The lowest BCUT2D eigenvalue weighted by atomic mass is 10.0. The summed E-state index contributed by atoms with van der Waals surface area (Å²) in [6.45, 7) is 2.82. The number of nitrogens with zero attached hydrogens (tertiary/aromatic N) is 3. The molecule has 1 aromatic heterocycles. The largest absolute Gasteiger partial charge is 0.480 e. The van der Waals surface area contributed by atoms with Crippen LogP contribution >= 0.6 is 0 Å². The van der Waals surface area contributed by atoms with E-state index in [0.29, 0.717) is 24.5 Å². The van der Waals surface area contributed by atoms with E-state index in [1.165, 1.54) is 6.92 Å². The van der Waals surface area contributed by atoms with Crippen molar-refractivity contribution >= 4 is 11.8 Å². The zero-order valence-electron chi connectivity index (χ0n) is 14.9. The number of hydrogen-bond donors (Lipinski definition) is 1. The summed E-state index contributed by atoms with van der Waals surface area (Å²) >= 11 is 0. The van der Waals surface area contributed by atoms with Gasteiger partial charge in [-0.2, -0.15) is 0 Å². The Morgan fingerprint density at radius 2 is 1.77 bits per heavy atom. The van der Waals surface area contributed by atoms with Crippen LogP contribution in [0.4, 0.5) is 0 Å². The van der Waals surface area contributed by atoms with Gasteiger partial charge in [-0.3, -0.25) is 9.59 Å². The summed E-state index contributed by atoms with van der Waals surface area (Å²) in [6, 6.07) is 11.1. The van der Waals surface area contributed by atoms with Gasteiger partial charge in [-0.1, -0.05) is 12.1 Å². The van der Waals surface area contributed by atoms with Crippen molar-refractivity contribution in [1.82, 2.24) is 20.4 Å². The van der Waals surface area contributed by atoms with Gasteiger partial charge in [0, 0.05) is 43.2 Å². The Kier molecular flexibility index (Phi) is 5.46. The molecule has 1 aliphatic rings. The summed E-state index contributed by atoms with van der Waals surface area (Å²) < 4.78 is 5.00. The quantitative estimate of drug-likeness (QED) is 0.906. The average molecular weight is 354 g/mol. The fourth-order valence-corrected chi connectivity index (χ4v) is 3.06. The first kappa shape index (κ1) is 17.8. The molecule has 1 N–H and O–H groups in total. The second-order valence-electron chi connectivity index (χ2n) is 6.31. The number of hydrogen-bond acceptors (Lipinski definition) is 5. The minimum Gasteiger partial charge on any atom is -0.480 e. The van der Waals surface area contributed by atoms with Crippen molar-refractivity contribution in [1.29, 1.82) is 0 Å². The monoisotopic (exact) mass is 354 g/mol. The third-order valence-corrected chi connectivity index (χ3v) is 4.47. The Labute approximate surface area is 152 Å². The summed E-state index contributed by atoms with van der Waals surface area (Å²) in [5, 5.41) is 11.0. The van der Waals surface area contributed by atoms with Crippen LogP contribution in [0.25, 0.3) is 11.3 Å². The van der Waals surface area contributed by atoms with Crippen molar-refractivity contribution in [2.45, 2.75) is 25.8 Å². The predicted octanol–water partition coefficient (Wildman–Crippen LogP) is 1.89. The molecule has 1 aromatic carbocycles. The van der Waals surface area contributed by atoms with Gasteiger partial charge in [-0.15, -0.1) is 10.2 Å². The van der Waals surface area contributed by atoms with Crippen molar-refractivity contribution in [2.75, 3.05) is 20.2 Å². The van der Waals surface area contributed by atoms with Crippen LogP contribution in [0.2, 0.25) is 0 Å². The van der Waals surface area contributed by atoms with Crippen LogP contribution in [0.1, 0.15) is 30.1 Å². The summed E-state index contributed by atoms with van der Waals surface area (Å²) in [4.78, 5) is 25.6. The summed E-state index contributed by atoms with van der Waals surface area (Å²) in [5.74, 6) is 0.453. The number of aromatic nitrogens is 2. The van der Waals surface area contributed by atoms with E-state index in [9.17, 15) is 9.59 Å². The molecular weight excluding hydrogens is 332 g/mol. The molecule has 0 bridgehead atoms. The van der Waals surface area contributed by atoms with Gasteiger partial charge in [0.2, 0.25) is 11.8 Å². The zero-order chi connectivity index (χ0) is 18.5. The van der Waals surface area contributed by atoms with Gasteiger partial charge in [0.25, 0.3) is 5.91 Å². The molecule has 26 heavy (non-hydrogen) atoms. The first-order chi connectivity index (χ1) is 12.6. The molecule has 3 rings (SSSR count). The van der Waals surface area contributed by atoms with Gasteiger partial charge in [0.05, 0.1) is 12.8 Å². The van der Waals surface area contributed by atoms with Gasteiger partial charge in [0.15, 0.2) is 0 Å². The lowest BCUT2D eigenvalue weighted by molar-refractivity contribution is -0.119. The van der Waals surface area contributed by atoms with Crippen LogP contribution in [0, 0.1) is 0 Å². The van der Waals surface area contributed by atoms with E-state index < -0.39 is 0 Å². The van der Waals surface area contributed by atoms with Crippen LogP contribution in [0.3, 0.4) is 0 Å². The molecule has 2 heterocycles. The van der Waals surface area contributed by atoms with Gasteiger partial charge in [0.1, 0.15) is 0 Å². The highest BCUT2D eigenvalue weighted by molar-refractivity contribution is 5.94. The molecule has 0 radical (unpaired) electrons. The van der Waals surface area contributed by atoms with E-state index in [1.54, 1.807) is 13.2 Å². The predicted molar refractivity (Wildman–Crippen MR) is 96.8 cm³/mol. The summed E-state index contributed by atoms with van der Waals surface area (Å²) in [6.07, 6.45) is 1.57. The standard InChI is InChI=1S/C19H22N4O3/c1-13(24)20-16-9-11-23(12-10-16)19(25)15-5-3-14(4-6-15)17-7-8-18(26-2)22-21-17/h3-8,16H,9-12H2,1-2H3,(H,20,24). The first-order valence-corrected chi connectivity index (χ1v) is 8.61. The third kappa shape index (κ3) is 4.17. The number of rotatable bonds is 4. The minimum absolute atomic E-state index is 0.0126. The molecule has 2 amide bonds. The van der Waals surface area contributed by atoms with Gasteiger partial charge < -0.3 is 15.0 Å². The van der Waals surface area contributed by atoms with Crippen molar-refractivity contribution < 1.29 is 14.3 Å². The second-order valence-corrected chi connectivity index (χ2v) is 6.31. The number of benzene rings is 1. The molecular formula is C19H22N4O3. The number of carbonyl (C=O) groups excluding carboxylic acids is 2. The molecule has 1 saturated heterocycles. The normalized spacial score (nSPS) is 14.8. The highest BCUT2D eigenvalue weighted by Crippen LogP contribution is 2.20. The van der Waals surface area contributed by atoms with Crippen molar-refractivity contribution in [3.8, 4) is 17.1 Å². The summed E-state index contributed by atoms with van der Waals surface area (Å²) in [7, 11) is 1.54. The number of methoxy groups -OCH3 is 1. The molecule has 7 heteroatoms. The van der Waals surface area contributed by atoms with Crippen LogP contribution < -0.4 is 10.1 Å². The number of likely N-dealkylation sites (tertiary alicyclic amines) is 1. The highest BCUT2D eigenvalue weighted by atomic mass is 16.5. The average Bonchev–Trinajstić information content (AvgIpc) is 2.68. The maximum atomic E-state index is 12.7. The molecule has 0 atom stereocenters.